The number of carbonyl (C=O) groups excluding carboxylic acids is 2. The number of rotatable bonds is 15. The Morgan fingerprint density at radius 1 is 1.02 bits per heavy atom. The molecule has 0 unspecified atom stereocenters. The highest BCUT2D eigenvalue weighted by molar-refractivity contribution is 8.23. The van der Waals surface area contributed by atoms with Crippen LogP contribution < -0.4 is 0 Å². The summed E-state index contributed by atoms with van der Waals surface area (Å²) in [5.41, 5.74) is 1.16. The van der Waals surface area contributed by atoms with Gasteiger partial charge in [0.15, 0.2) is 8.32 Å². The van der Waals surface area contributed by atoms with Crippen molar-refractivity contribution < 1.29 is 33.0 Å². The molecule has 0 saturated carbocycles. The maximum absolute atomic E-state index is 13.9. The third kappa shape index (κ3) is 10.4. The number of thioether (sulfide) groups is 1. The molecule has 0 N–H and O–H groups in total. The van der Waals surface area contributed by atoms with Crippen LogP contribution in [0.5, 0.6) is 0 Å². The van der Waals surface area contributed by atoms with Crippen LogP contribution >= 0.6 is 24.0 Å². The first-order valence-corrected chi connectivity index (χ1v) is 24.0. The van der Waals surface area contributed by atoms with Crippen molar-refractivity contribution in [3.8, 4) is 0 Å². The Kier molecular flexibility index (Phi) is 15.3. The lowest BCUT2D eigenvalue weighted by Gasteiger charge is -2.48. The maximum Gasteiger partial charge on any atom is 0.508 e. The second-order valence-corrected chi connectivity index (χ2v) is 24.1. The summed E-state index contributed by atoms with van der Waals surface area (Å²) in [7, 11) is -2.16. The summed E-state index contributed by atoms with van der Waals surface area (Å²) in [5.74, 6) is 0.879. The Balaban J connectivity index is 1.46. The van der Waals surface area contributed by atoms with Crippen LogP contribution in [0.25, 0.3) is 0 Å². The first-order valence-electron chi connectivity index (χ1n) is 19.7. The fourth-order valence-corrected chi connectivity index (χ4v) is 11.0. The third-order valence-electron chi connectivity index (χ3n) is 12.4. The van der Waals surface area contributed by atoms with Gasteiger partial charge in [0.25, 0.3) is 0 Å². The van der Waals surface area contributed by atoms with E-state index in [4.69, 9.17) is 35.6 Å². The quantitative estimate of drug-likeness (QED) is 0.0748. The fourth-order valence-electron chi connectivity index (χ4n) is 7.92. The van der Waals surface area contributed by atoms with Crippen LogP contribution in [-0.2, 0) is 34.8 Å². The van der Waals surface area contributed by atoms with Gasteiger partial charge in [0.05, 0.1) is 30.8 Å². The lowest BCUT2D eigenvalue weighted by molar-refractivity contribution is -0.183. The SMILES string of the molecule is CC(C)[C@@H]1CSC(=S)N1C(=O)[C@@H](C)[C@@H]1CC[C@H](C)[C@@H]([C@@H](C)[C@H]2OC(=O)O[C@@H]([C@@H](C)[C@@H](CCCOCc3ccccc3)O[Si](C)(C)C(C)(C)C)[C@@H]2C)O1. The lowest BCUT2D eigenvalue weighted by atomic mass is 9.75. The molecule has 294 valence electrons. The zero-order valence-electron chi connectivity index (χ0n) is 33.9. The zero-order valence-corrected chi connectivity index (χ0v) is 36.5. The van der Waals surface area contributed by atoms with Crippen molar-refractivity contribution in [2.24, 2.45) is 35.5 Å². The van der Waals surface area contributed by atoms with Gasteiger partial charge in [-0.25, -0.2) is 4.79 Å². The van der Waals surface area contributed by atoms with Crippen LogP contribution in [0.2, 0.25) is 18.1 Å². The highest BCUT2D eigenvalue weighted by Crippen LogP contribution is 2.43. The van der Waals surface area contributed by atoms with E-state index in [0.717, 1.165) is 37.0 Å². The van der Waals surface area contributed by atoms with Gasteiger partial charge in [-0.3, -0.25) is 9.69 Å². The monoisotopic (exact) mass is 777 g/mol. The first-order chi connectivity index (χ1) is 24.3. The van der Waals surface area contributed by atoms with Gasteiger partial charge in [0.2, 0.25) is 5.91 Å². The van der Waals surface area contributed by atoms with Gasteiger partial charge < -0.3 is 23.4 Å². The van der Waals surface area contributed by atoms with Gasteiger partial charge in [-0.2, -0.15) is 0 Å². The number of amides is 1. The summed E-state index contributed by atoms with van der Waals surface area (Å²) in [4.78, 5) is 29.0. The highest BCUT2D eigenvalue weighted by Gasteiger charge is 2.50. The second kappa shape index (κ2) is 18.4. The van der Waals surface area contributed by atoms with Crippen LogP contribution in [0.1, 0.15) is 100 Å². The van der Waals surface area contributed by atoms with Crippen LogP contribution in [0, 0.1) is 35.5 Å². The summed E-state index contributed by atoms with van der Waals surface area (Å²) in [6, 6.07) is 10.3. The Hall–Kier alpha value is -1.50. The van der Waals surface area contributed by atoms with E-state index < -0.39 is 20.6 Å². The van der Waals surface area contributed by atoms with Crippen molar-refractivity contribution in [2.45, 2.75) is 156 Å². The summed E-state index contributed by atoms with van der Waals surface area (Å²) in [6.45, 7) is 27.5. The molecule has 0 bridgehead atoms. The zero-order chi connectivity index (χ0) is 38.5. The molecule has 11 atom stereocenters. The molecule has 3 heterocycles. The summed E-state index contributed by atoms with van der Waals surface area (Å²) >= 11 is 7.23. The number of hydrogen-bond donors (Lipinski definition) is 0. The molecule has 52 heavy (non-hydrogen) atoms. The molecule has 8 nitrogen and oxygen atoms in total. The molecular weight excluding hydrogens is 711 g/mol. The minimum atomic E-state index is -2.16. The Labute approximate surface area is 325 Å². The molecule has 3 fully saturated rings. The molecule has 0 radical (unpaired) electrons. The number of hydrogen-bond acceptors (Lipinski definition) is 9. The lowest BCUT2D eigenvalue weighted by Crippen LogP contribution is -2.56. The van der Waals surface area contributed by atoms with E-state index in [1.807, 2.05) is 30.0 Å². The van der Waals surface area contributed by atoms with Gasteiger partial charge in [-0.05, 0) is 61.2 Å². The summed E-state index contributed by atoms with van der Waals surface area (Å²) < 4.78 is 32.8. The average Bonchev–Trinajstić information content (AvgIpc) is 3.48. The standard InChI is InChI=1S/C41H67NO7S2Si/c1-25(2)32-24-51-39(50)42(32)38(43)28(5)33-21-20-26(3)35(46-33)29(6)37-30(7)36(47-40(44)48-37)27(4)34(49-52(11,12)41(8,9)10)19-16-22-45-23-31-17-14-13-15-18-31/h13-15,17-18,25-30,32-37H,16,19-24H2,1-12H3/t26-,27-,28-,29+,30-,32-,33-,34+,35-,36-,37+/m0/s1. The van der Waals surface area contributed by atoms with E-state index in [1.54, 1.807) is 11.8 Å². The highest BCUT2D eigenvalue weighted by atomic mass is 32.2. The summed E-state index contributed by atoms with van der Waals surface area (Å²) in [5, 5.41) is 0.0293. The van der Waals surface area contributed by atoms with E-state index >= 15 is 0 Å². The molecule has 1 aromatic rings. The van der Waals surface area contributed by atoms with Crippen molar-refractivity contribution in [1.82, 2.24) is 4.90 Å². The fraction of sp³-hybridized carbons (Fsp3) is 0.780. The smallest absolute Gasteiger partial charge is 0.430 e. The van der Waals surface area contributed by atoms with E-state index in [9.17, 15) is 9.59 Å². The normalized spacial score (nSPS) is 29.7. The minimum absolute atomic E-state index is 0.0293. The van der Waals surface area contributed by atoms with Gasteiger partial charge in [-0.1, -0.05) is 124 Å². The number of thiocarbonyl (C=S) groups is 1. The predicted octanol–water partition coefficient (Wildman–Crippen LogP) is 9.89. The average molecular weight is 778 g/mol. The largest absolute Gasteiger partial charge is 0.508 e. The minimum Gasteiger partial charge on any atom is -0.430 e. The predicted molar refractivity (Wildman–Crippen MR) is 217 cm³/mol. The molecule has 0 aromatic heterocycles. The van der Waals surface area contributed by atoms with Crippen LogP contribution in [0.15, 0.2) is 30.3 Å². The molecule has 3 saturated heterocycles. The van der Waals surface area contributed by atoms with Crippen molar-refractivity contribution >= 4 is 48.7 Å². The molecule has 4 rings (SSSR count). The second-order valence-electron chi connectivity index (χ2n) is 17.7. The third-order valence-corrected chi connectivity index (χ3v) is 18.4. The topological polar surface area (TPSA) is 83.5 Å². The van der Waals surface area contributed by atoms with Crippen molar-refractivity contribution in [2.75, 3.05) is 12.4 Å². The molecule has 1 amide bonds. The molecule has 11 heteroatoms. The Bertz CT molecular complexity index is 1340. The van der Waals surface area contributed by atoms with Crippen LogP contribution in [0.4, 0.5) is 4.79 Å². The Morgan fingerprint density at radius 3 is 2.31 bits per heavy atom. The van der Waals surface area contributed by atoms with Crippen LogP contribution in [0.3, 0.4) is 0 Å². The molecular formula is C41H67NO7S2Si. The van der Waals surface area contributed by atoms with Gasteiger partial charge in [0.1, 0.15) is 16.5 Å². The van der Waals surface area contributed by atoms with E-state index in [0.29, 0.717) is 23.5 Å². The van der Waals surface area contributed by atoms with E-state index in [1.165, 1.54) is 0 Å². The molecule has 0 aliphatic carbocycles. The number of carbonyl (C=O) groups is 2. The maximum atomic E-state index is 13.9. The number of nitrogens with zero attached hydrogens (tertiary/aromatic N) is 1. The van der Waals surface area contributed by atoms with Crippen LogP contribution in [-0.4, -0.2) is 78.5 Å². The molecule has 3 aliphatic heterocycles. The molecule has 0 spiro atoms. The van der Waals surface area contributed by atoms with Gasteiger partial charge in [0, 0.05) is 36.2 Å². The van der Waals surface area contributed by atoms with Crippen molar-refractivity contribution in [1.29, 1.82) is 0 Å². The molecule has 3 aliphatic rings. The Morgan fingerprint density at radius 2 is 1.67 bits per heavy atom. The van der Waals surface area contributed by atoms with Gasteiger partial charge >= 0.3 is 6.16 Å². The number of benzene rings is 1. The first kappa shape index (κ1) is 43.2. The number of cyclic esters (lactones) is 2. The van der Waals surface area contributed by atoms with Crippen molar-refractivity contribution in [3.63, 3.8) is 0 Å². The van der Waals surface area contributed by atoms with Crippen molar-refractivity contribution in [3.05, 3.63) is 35.9 Å². The van der Waals surface area contributed by atoms with E-state index in [2.05, 4.69) is 87.5 Å². The van der Waals surface area contributed by atoms with Gasteiger partial charge in [-0.15, -0.1) is 0 Å². The van der Waals surface area contributed by atoms with E-state index in [-0.39, 0.29) is 71.0 Å². The summed E-state index contributed by atoms with van der Waals surface area (Å²) in [6.07, 6.45) is 1.45. The molecule has 1 aromatic carbocycles. The number of ether oxygens (including phenoxy) is 4.